The standard InChI is InChI=1S/C13H14ClN7O4S/c1-18-7-20(16-11(22)10-3-2-4-25-10)8-19(13(18)17-21(23)24)6-9-5-15-12(14)26-9/h2-5H,6-8H2,1H3,(H,16,22)/b17-13+. The molecule has 1 aliphatic heterocycles. The average molecular weight is 400 g/mol. The lowest BCUT2D eigenvalue weighted by Crippen LogP contribution is -2.61. The Morgan fingerprint density at radius 2 is 2.38 bits per heavy atom. The van der Waals surface area contributed by atoms with Crippen LogP contribution in [0.4, 0.5) is 0 Å². The third-order valence-corrected chi connectivity index (χ3v) is 4.50. The quantitative estimate of drug-likeness (QED) is 0.589. The van der Waals surface area contributed by atoms with Gasteiger partial charge in [-0.05, 0) is 12.1 Å². The van der Waals surface area contributed by atoms with Crippen LogP contribution in [-0.4, -0.2) is 57.1 Å². The first-order valence-corrected chi connectivity index (χ1v) is 8.50. The second-order valence-electron chi connectivity index (χ2n) is 5.35. The molecule has 0 aromatic carbocycles. The van der Waals surface area contributed by atoms with Crippen LogP contribution in [0.5, 0.6) is 0 Å². The van der Waals surface area contributed by atoms with Gasteiger partial charge in [0.1, 0.15) is 5.10 Å². The molecule has 13 heteroatoms. The van der Waals surface area contributed by atoms with Crippen molar-refractivity contribution in [2.75, 3.05) is 20.4 Å². The molecule has 0 radical (unpaired) electrons. The molecule has 0 bridgehead atoms. The van der Waals surface area contributed by atoms with Crippen molar-refractivity contribution in [2.45, 2.75) is 6.54 Å². The number of rotatable bonds is 5. The Bertz CT molecular complexity index is 824. The molecule has 0 aliphatic carbocycles. The zero-order valence-electron chi connectivity index (χ0n) is 13.5. The maximum atomic E-state index is 12.2. The zero-order valence-corrected chi connectivity index (χ0v) is 15.1. The van der Waals surface area contributed by atoms with E-state index in [1.807, 2.05) is 0 Å². The van der Waals surface area contributed by atoms with Gasteiger partial charge in [-0.2, -0.15) is 5.01 Å². The summed E-state index contributed by atoms with van der Waals surface area (Å²) >= 11 is 7.11. The van der Waals surface area contributed by atoms with E-state index in [4.69, 9.17) is 16.0 Å². The van der Waals surface area contributed by atoms with E-state index in [0.717, 1.165) is 4.88 Å². The number of hydrogen-bond acceptors (Lipinski definition) is 7. The van der Waals surface area contributed by atoms with E-state index in [9.17, 15) is 14.9 Å². The molecule has 0 spiro atoms. The molecule has 1 fully saturated rings. The topological polar surface area (TPSA) is 120 Å². The summed E-state index contributed by atoms with van der Waals surface area (Å²) in [6.45, 7) is 0.687. The van der Waals surface area contributed by atoms with Crippen molar-refractivity contribution < 1.29 is 14.2 Å². The summed E-state index contributed by atoms with van der Waals surface area (Å²) in [5.74, 6) is -0.0833. The van der Waals surface area contributed by atoms with E-state index >= 15 is 0 Å². The summed E-state index contributed by atoms with van der Waals surface area (Å²) in [6.07, 6.45) is 3.00. The Hall–Kier alpha value is -2.70. The van der Waals surface area contributed by atoms with Crippen LogP contribution >= 0.6 is 22.9 Å². The first kappa shape index (κ1) is 18.1. The van der Waals surface area contributed by atoms with E-state index in [0.29, 0.717) is 11.0 Å². The molecule has 0 saturated carbocycles. The fraction of sp³-hybridized carbons (Fsp3) is 0.308. The Balaban J connectivity index is 1.76. The largest absolute Gasteiger partial charge is 0.459 e. The molecule has 2 aromatic heterocycles. The molecule has 1 amide bonds. The lowest BCUT2D eigenvalue weighted by atomic mass is 10.4. The van der Waals surface area contributed by atoms with Crippen molar-refractivity contribution in [2.24, 2.45) is 5.10 Å². The molecule has 1 aliphatic rings. The Labute approximate surface area is 156 Å². The first-order chi connectivity index (χ1) is 12.4. The molecule has 3 heterocycles. The second-order valence-corrected chi connectivity index (χ2v) is 7.05. The number of nitrogens with one attached hydrogen (secondary N) is 1. The SMILES string of the molecule is CN1CN(NC(=O)c2ccco2)CN(Cc2cnc(Cl)s2)/C1=N/[N+](=O)[O-]. The highest BCUT2D eigenvalue weighted by Gasteiger charge is 2.31. The summed E-state index contributed by atoms with van der Waals surface area (Å²) in [5.41, 5.74) is 2.70. The van der Waals surface area contributed by atoms with Crippen molar-refractivity contribution in [3.63, 3.8) is 0 Å². The van der Waals surface area contributed by atoms with Gasteiger partial charge in [0.25, 0.3) is 5.96 Å². The molecular formula is C13H14ClN7O4S. The maximum absolute atomic E-state index is 12.2. The van der Waals surface area contributed by atoms with E-state index < -0.39 is 10.9 Å². The van der Waals surface area contributed by atoms with Crippen molar-refractivity contribution in [3.8, 4) is 0 Å². The number of aromatic nitrogens is 1. The van der Waals surface area contributed by atoms with Crippen molar-refractivity contribution >= 4 is 34.8 Å². The van der Waals surface area contributed by atoms with Gasteiger partial charge < -0.3 is 14.2 Å². The maximum Gasteiger partial charge on any atom is 0.301 e. The van der Waals surface area contributed by atoms with Crippen LogP contribution < -0.4 is 5.43 Å². The molecule has 2 aromatic rings. The summed E-state index contributed by atoms with van der Waals surface area (Å²) < 4.78 is 5.44. The molecule has 1 saturated heterocycles. The first-order valence-electron chi connectivity index (χ1n) is 7.31. The van der Waals surface area contributed by atoms with Gasteiger partial charge in [0.15, 0.2) is 15.3 Å². The van der Waals surface area contributed by atoms with Crippen LogP contribution in [0.15, 0.2) is 34.1 Å². The lowest BCUT2D eigenvalue weighted by Gasteiger charge is -2.41. The predicted molar refractivity (Wildman–Crippen MR) is 92.6 cm³/mol. The lowest BCUT2D eigenvalue weighted by molar-refractivity contribution is -0.486. The summed E-state index contributed by atoms with van der Waals surface area (Å²) in [6, 6.07) is 3.15. The smallest absolute Gasteiger partial charge is 0.301 e. The number of hydrazone groups is 1. The number of amides is 1. The fourth-order valence-electron chi connectivity index (χ4n) is 2.43. The minimum absolute atomic E-state index is 0.165. The Morgan fingerprint density at radius 1 is 1.58 bits per heavy atom. The van der Waals surface area contributed by atoms with Gasteiger partial charge in [0, 0.05) is 18.1 Å². The number of carbonyl (C=O) groups excluding carboxylic acids is 1. The molecule has 0 atom stereocenters. The average Bonchev–Trinajstić information content (AvgIpc) is 3.22. The second kappa shape index (κ2) is 7.68. The highest BCUT2D eigenvalue weighted by atomic mass is 35.5. The monoisotopic (exact) mass is 399 g/mol. The van der Waals surface area contributed by atoms with Crippen LogP contribution in [0.25, 0.3) is 0 Å². The van der Waals surface area contributed by atoms with Gasteiger partial charge >= 0.3 is 5.91 Å². The number of guanidine groups is 1. The number of nitrogens with zero attached hydrogens (tertiary/aromatic N) is 6. The van der Waals surface area contributed by atoms with Gasteiger partial charge in [-0.3, -0.25) is 10.2 Å². The Morgan fingerprint density at radius 3 is 3.00 bits per heavy atom. The third-order valence-electron chi connectivity index (χ3n) is 3.40. The highest BCUT2D eigenvalue weighted by molar-refractivity contribution is 7.15. The molecule has 138 valence electrons. The molecule has 26 heavy (non-hydrogen) atoms. The van der Waals surface area contributed by atoms with Crippen LogP contribution in [0.3, 0.4) is 0 Å². The molecule has 1 N–H and O–H groups in total. The van der Waals surface area contributed by atoms with Gasteiger partial charge in [0.05, 0.1) is 26.1 Å². The Kier molecular flexibility index (Phi) is 5.35. The van der Waals surface area contributed by atoms with Gasteiger partial charge in [-0.25, -0.2) is 15.1 Å². The van der Waals surface area contributed by atoms with Crippen molar-refractivity contribution in [1.29, 1.82) is 0 Å². The number of furan rings is 1. The summed E-state index contributed by atoms with van der Waals surface area (Å²) in [7, 11) is 1.64. The molecule has 11 nitrogen and oxygen atoms in total. The van der Waals surface area contributed by atoms with Crippen molar-refractivity contribution in [3.05, 3.63) is 49.8 Å². The minimum atomic E-state index is -0.754. The minimum Gasteiger partial charge on any atom is -0.459 e. The van der Waals surface area contributed by atoms with E-state index in [1.54, 1.807) is 40.2 Å². The number of hydrogen-bond donors (Lipinski definition) is 1. The van der Waals surface area contributed by atoms with Crippen LogP contribution in [-0.2, 0) is 6.54 Å². The van der Waals surface area contributed by atoms with E-state index in [2.05, 4.69) is 15.5 Å². The zero-order chi connectivity index (χ0) is 18.7. The molecular weight excluding hydrogens is 386 g/mol. The van der Waals surface area contributed by atoms with Crippen molar-refractivity contribution in [1.82, 2.24) is 25.2 Å². The third kappa shape index (κ3) is 4.28. The predicted octanol–water partition coefficient (Wildman–Crippen LogP) is 1.25. The number of hydrazine groups is 1. The van der Waals surface area contributed by atoms with Gasteiger partial charge in [0.2, 0.25) is 0 Å². The fourth-order valence-corrected chi connectivity index (χ4v) is 3.42. The highest BCUT2D eigenvalue weighted by Crippen LogP contribution is 2.21. The van der Waals surface area contributed by atoms with Crippen LogP contribution in [0.1, 0.15) is 15.4 Å². The van der Waals surface area contributed by atoms with Crippen LogP contribution in [0, 0.1) is 10.1 Å². The van der Waals surface area contributed by atoms with Gasteiger partial charge in [-0.15, -0.1) is 11.3 Å². The number of thiazole rings is 1. The van der Waals surface area contributed by atoms with Gasteiger partial charge in [-0.1, -0.05) is 11.6 Å². The summed E-state index contributed by atoms with van der Waals surface area (Å²) in [4.78, 5) is 31.0. The normalized spacial score (nSPS) is 16.9. The van der Waals surface area contributed by atoms with E-state index in [1.165, 1.54) is 17.6 Å². The summed E-state index contributed by atoms with van der Waals surface area (Å²) in [5, 5.41) is 15.2. The number of halogens is 1. The number of nitro groups is 1. The van der Waals surface area contributed by atoms with E-state index in [-0.39, 0.29) is 25.1 Å². The van der Waals surface area contributed by atoms with Crippen LogP contribution in [0.2, 0.25) is 4.47 Å². The molecule has 3 rings (SSSR count). The number of carbonyl (C=O) groups is 1. The molecule has 0 unspecified atom stereocenters.